The number of ether oxygens (including phenoxy) is 1. The Morgan fingerprint density at radius 3 is 3.00 bits per heavy atom. The number of aryl methyl sites for hydroxylation is 1. The fourth-order valence-corrected chi connectivity index (χ4v) is 2.21. The molecule has 0 radical (unpaired) electrons. The van der Waals surface area contributed by atoms with Gasteiger partial charge in [-0.3, -0.25) is 4.68 Å². The van der Waals surface area contributed by atoms with Crippen LogP contribution in [0.1, 0.15) is 41.0 Å². The van der Waals surface area contributed by atoms with Crippen LogP contribution in [0.3, 0.4) is 0 Å². The van der Waals surface area contributed by atoms with Gasteiger partial charge in [0.25, 0.3) is 0 Å². The quantitative estimate of drug-likeness (QED) is 0.844. The van der Waals surface area contributed by atoms with Gasteiger partial charge >= 0.3 is 5.97 Å². The van der Waals surface area contributed by atoms with E-state index in [1.54, 1.807) is 7.11 Å². The molecule has 1 aliphatic heterocycles. The number of hydrogen-bond donors (Lipinski definition) is 1. The van der Waals surface area contributed by atoms with Gasteiger partial charge in [-0.25, -0.2) is 4.79 Å². The highest BCUT2D eigenvalue weighted by molar-refractivity contribution is 5.90. The fraction of sp³-hybridized carbons (Fsp3) is 0.636. The Morgan fingerprint density at radius 1 is 1.50 bits per heavy atom. The van der Waals surface area contributed by atoms with E-state index >= 15 is 0 Å². The zero-order valence-electron chi connectivity index (χ0n) is 9.40. The number of carboxylic acids is 1. The Morgan fingerprint density at radius 2 is 2.31 bits per heavy atom. The molecule has 1 aromatic rings. The molecule has 2 rings (SSSR count). The lowest BCUT2D eigenvalue weighted by Gasteiger charge is -2.01. The third kappa shape index (κ3) is 1.95. The van der Waals surface area contributed by atoms with E-state index in [0.29, 0.717) is 11.3 Å². The van der Waals surface area contributed by atoms with Crippen LogP contribution in [0.25, 0.3) is 0 Å². The van der Waals surface area contributed by atoms with Crippen molar-refractivity contribution in [2.45, 2.75) is 38.8 Å². The number of carboxylic acid groups (broad SMARTS) is 1. The molecule has 0 saturated heterocycles. The lowest BCUT2D eigenvalue weighted by molar-refractivity contribution is 0.0690. The molecule has 1 aromatic heterocycles. The Balaban J connectivity index is 2.44. The summed E-state index contributed by atoms with van der Waals surface area (Å²) in [6.45, 7) is 1.08. The first-order valence-corrected chi connectivity index (χ1v) is 5.55. The smallest absolute Gasteiger partial charge is 0.339 e. The summed E-state index contributed by atoms with van der Waals surface area (Å²) in [4.78, 5) is 11.2. The van der Waals surface area contributed by atoms with Gasteiger partial charge < -0.3 is 9.84 Å². The average Bonchev–Trinajstić information content (AvgIpc) is 2.43. The van der Waals surface area contributed by atoms with Gasteiger partial charge in [-0.05, 0) is 19.3 Å². The van der Waals surface area contributed by atoms with Gasteiger partial charge in [0.15, 0.2) is 0 Å². The molecule has 5 heteroatoms. The molecule has 0 bridgehead atoms. The van der Waals surface area contributed by atoms with Crippen molar-refractivity contribution < 1.29 is 14.6 Å². The SMILES string of the molecule is COCc1nn2c(c1C(=O)O)CCCCC2. The maximum atomic E-state index is 11.2. The van der Waals surface area contributed by atoms with Crippen LogP contribution in [0.4, 0.5) is 0 Å². The van der Waals surface area contributed by atoms with Crippen molar-refractivity contribution in [3.63, 3.8) is 0 Å². The first-order valence-electron chi connectivity index (χ1n) is 5.55. The van der Waals surface area contributed by atoms with Crippen LogP contribution in [0.5, 0.6) is 0 Å². The number of carbonyl (C=O) groups is 1. The summed E-state index contributed by atoms with van der Waals surface area (Å²) in [7, 11) is 1.55. The highest BCUT2D eigenvalue weighted by atomic mass is 16.5. The van der Waals surface area contributed by atoms with Crippen LogP contribution in [0, 0.1) is 0 Å². The standard InChI is InChI=1S/C11H16N2O3/c1-16-7-8-10(11(14)15)9-5-3-2-4-6-13(9)12-8/h2-7H2,1H3,(H,14,15). The number of rotatable bonds is 3. The van der Waals surface area contributed by atoms with Gasteiger partial charge in [-0.15, -0.1) is 0 Å². The zero-order valence-corrected chi connectivity index (χ0v) is 9.40. The van der Waals surface area contributed by atoms with Gasteiger partial charge in [0.05, 0.1) is 12.3 Å². The monoisotopic (exact) mass is 224 g/mol. The van der Waals surface area contributed by atoms with E-state index in [2.05, 4.69) is 5.10 Å². The van der Waals surface area contributed by atoms with Crippen LogP contribution in [0.15, 0.2) is 0 Å². The van der Waals surface area contributed by atoms with Crippen molar-refractivity contribution >= 4 is 5.97 Å². The van der Waals surface area contributed by atoms with Crippen molar-refractivity contribution in [3.05, 3.63) is 17.0 Å². The molecule has 1 N–H and O–H groups in total. The number of nitrogens with zero attached hydrogens (tertiary/aromatic N) is 2. The van der Waals surface area contributed by atoms with Crippen molar-refractivity contribution in [2.75, 3.05) is 7.11 Å². The number of aromatic nitrogens is 2. The second-order valence-corrected chi connectivity index (χ2v) is 4.04. The summed E-state index contributed by atoms with van der Waals surface area (Å²) < 4.78 is 6.83. The summed E-state index contributed by atoms with van der Waals surface area (Å²) in [6.07, 6.45) is 4.05. The second kappa shape index (κ2) is 4.65. The van der Waals surface area contributed by atoms with Crippen molar-refractivity contribution in [1.29, 1.82) is 0 Å². The van der Waals surface area contributed by atoms with Crippen LogP contribution >= 0.6 is 0 Å². The number of aromatic carboxylic acids is 1. The van der Waals surface area contributed by atoms with E-state index in [1.165, 1.54) is 0 Å². The molecule has 0 fully saturated rings. The molecule has 2 heterocycles. The first-order chi connectivity index (χ1) is 7.74. The topological polar surface area (TPSA) is 64.4 Å². The molecule has 0 aromatic carbocycles. The third-order valence-corrected chi connectivity index (χ3v) is 2.91. The van der Waals surface area contributed by atoms with Crippen molar-refractivity contribution in [3.8, 4) is 0 Å². The van der Waals surface area contributed by atoms with E-state index in [9.17, 15) is 9.90 Å². The van der Waals surface area contributed by atoms with Crippen LogP contribution < -0.4 is 0 Å². The highest BCUT2D eigenvalue weighted by Crippen LogP contribution is 2.21. The van der Waals surface area contributed by atoms with E-state index in [4.69, 9.17) is 4.74 Å². The predicted molar refractivity (Wildman–Crippen MR) is 57.5 cm³/mol. The average molecular weight is 224 g/mol. The largest absolute Gasteiger partial charge is 0.478 e. The summed E-state index contributed by atoms with van der Waals surface area (Å²) in [5.41, 5.74) is 1.76. The lowest BCUT2D eigenvalue weighted by Crippen LogP contribution is -2.06. The Bertz CT molecular complexity index is 398. The Labute approximate surface area is 94.0 Å². The maximum Gasteiger partial charge on any atom is 0.339 e. The third-order valence-electron chi connectivity index (χ3n) is 2.91. The van der Waals surface area contributed by atoms with Crippen LogP contribution in [-0.2, 0) is 24.3 Å². The molecule has 0 aliphatic carbocycles. The normalized spacial score (nSPS) is 15.6. The van der Waals surface area contributed by atoms with E-state index in [1.807, 2.05) is 4.68 Å². The predicted octanol–water partition coefficient (Wildman–Crippen LogP) is 1.45. The minimum atomic E-state index is -0.893. The van der Waals surface area contributed by atoms with E-state index in [0.717, 1.165) is 37.9 Å². The molecule has 0 saturated carbocycles. The molecule has 16 heavy (non-hydrogen) atoms. The van der Waals surface area contributed by atoms with E-state index < -0.39 is 5.97 Å². The zero-order chi connectivity index (χ0) is 11.5. The number of hydrogen-bond acceptors (Lipinski definition) is 3. The van der Waals surface area contributed by atoms with Gasteiger partial charge in [-0.2, -0.15) is 5.10 Å². The number of fused-ring (bicyclic) bond motifs is 1. The summed E-state index contributed by atoms with van der Waals surface area (Å²) >= 11 is 0. The molecule has 0 unspecified atom stereocenters. The van der Waals surface area contributed by atoms with Crippen molar-refractivity contribution in [2.24, 2.45) is 0 Å². The number of methoxy groups -OCH3 is 1. The van der Waals surface area contributed by atoms with Crippen LogP contribution in [0.2, 0.25) is 0 Å². The minimum absolute atomic E-state index is 0.266. The summed E-state index contributed by atoms with van der Waals surface area (Å²) in [6, 6.07) is 0. The summed E-state index contributed by atoms with van der Waals surface area (Å²) in [5, 5.41) is 13.6. The summed E-state index contributed by atoms with van der Waals surface area (Å²) in [5.74, 6) is -0.893. The highest BCUT2D eigenvalue weighted by Gasteiger charge is 2.23. The maximum absolute atomic E-state index is 11.2. The lowest BCUT2D eigenvalue weighted by atomic mass is 10.1. The van der Waals surface area contributed by atoms with Gasteiger partial charge in [-0.1, -0.05) is 6.42 Å². The molecular formula is C11H16N2O3. The molecule has 0 spiro atoms. The Hall–Kier alpha value is -1.36. The van der Waals surface area contributed by atoms with Crippen LogP contribution in [-0.4, -0.2) is 28.0 Å². The molecule has 0 atom stereocenters. The van der Waals surface area contributed by atoms with Gasteiger partial charge in [0.2, 0.25) is 0 Å². The van der Waals surface area contributed by atoms with Gasteiger partial charge in [0.1, 0.15) is 11.3 Å². The second-order valence-electron chi connectivity index (χ2n) is 4.04. The van der Waals surface area contributed by atoms with Crippen molar-refractivity contribution in [1.82, 2.24) is 9.78 Å². The van der Waals surface area contributed by atoms with Gasteiger partial charge in [0, 0.05) is 13.7 Å². The first kappa shape index (κ1) is 11.1. The molecule has 0 amide bonds. The molecule has 88 valence electrons. The molecule has 5 nitrogen and oxygen atoms in total. The fourth-order valence-electron chi connectivity index (χ4n) is 2.21. The molecular weight excluding hydrogens is 208 g/mol. The Kier molecular flexibility index (Phi) is 3.24. The van der Waals surface area contributed by atoms with E-state index in [-0.39, 0.29) is 6.61 Å². The minimum Gasteiger partial charge on any atom is -0.478 e. The molecule has 1 aliphatic rings.